The maximum atomic E-state index is 11.1. The number of nitrogens with one attached hydrogen (secondary N) is 1. The summed E-state index contributed by atoms with van der Waals surface area (Å²) in [4.78, 5) is 12.7. The molecule has 0 aliphatic carbocycles. The quantitative estimate of drug-likeness (QED) is 0.421. The zero-order chi connectivity index (χ0) is 15.8. The molecule has 118 valence electrons. The van der Waals surface area contributed by atoms with Crippen LogP contribution < -0.4 is 5.32 Å². The van der Waals surface area contributed by atoms with E-state index in [4.69, 9.17) is 9.84 Å². The first-order chi connectivity index (χ1) is 10.7. The lowest BCUT2D eigenvalue weighted by Gasteiger charge is -2.03. The van der Waals surface area contributed by atoms with E-state index in [0.717, 1.165) is 9.75 Å². The van der Waals surface area contributed by atoms with Crippen LogP contribution in [0.3, 0.4) is 0 Å². The van der Waals surface area contributed by atoms with Gasteiger partial charge in [0.05, 0.1) is 30.3 Å². The Morgan fingerprint density at radius 1 is 1.23 bits per heavy atom. The van der Waals surface area contributed by atoms with Crippen molar-refractivity contribution >= 4 is 17.0 Å². The third kappa shape index (κ3) is 4.60. The van der Waals surface area contributed by atoms with Crippen molar-refractivity contribution in [2.24, 2.45) is 0 Å². The summed E-state index contributed by atoms with van der Waals surface area (Å²) < 4.78 is 5.15. The number of thiophene rings is 1. The van der Waals surface area contributed by atoms with Gasteiger partial charge in [0, 0.05) is 28.9 Å². The Kier molecular flexibility index (Phi) is 6.47. The van der Waals surface area contributed by atoms with Gasteiger partial charge in [0.2, 0.25) is 0 Å². The second kappa shape index (κ2) is 8.60. The van der Waals surface area contributed by atoms with E-state index in [-0.39, 0.29) is 17.2 Å². The fourth-order valence-corrected chi connectivity index (χ4v) is 2.99. The molecule has 2 N–H and O–H groups in total. The van der Waals surface area contributed by atoms with Crippen LogP contribution in [0.4, 0.5) is 5.69 Å². The van der Waals surface area contributed by atoms with Gasteiger partial charge in [0.25, 0.3) is 5.69 Å². The summed E-state index contributed by atoms with van der Waals surface area (Å²) in [5.41, 5.74) is 0.774. The lowest BCUT2D eigenvalue weighted by Crippen LogP contribution is -2.19. The van der Waals surface area contributed by atoms with E-state index in [1.54, 1.807) is 18.2 Å². The number of aliphatic hydroxyl groups is 1. The van der Waals surface area contributed by atoms with Crippen molar-refractivity contribution in [2.75, 3.05) is 26.4 Å². The summed E-state index contributed by atoms with van der Waals surface area (Å²) in [5.74, 6) is 0. The van der Waals surface area contributed by atoms with Crippen LogP contribution in [-0.2, 0) is 11.3 Å². The molecule has 0 aliphatic heterocycles. The molecule has 0 saturated carbocycles. The summed E-state index contributed by atoms with van der Waals surface area (Å²) in [7, 11) is 0. The first kappa shape index (κ1) is 16.6. The third-order valence-corrected chi connectivity index (χ3v) is 4.10. The normalized spacial score (nSPS) is 10.8. The number of rotatable bonds is 9. The highest BCUT2D eigenvalue weighted by Gasteiger charge is 2.15. The van der Waals surface area contributed by atoms with Crippen molar-refractivity contribution in [3.63, 3.8) is 0 Å². The minimum atomic E-state index is -0.356. The monoisotopic (exact) mass is 322 g/mol. The van der Waals surface area contributed by atoms with E-state index >= 15 is 0 Å². The maximum absolute atomic E-state index is 11.1. The van der Waals surface area contributed by atoms with E-state index < -0.39 is 0 Å². The van der Waals surface area contributed by atoms with Crippen LogP contribution in [0.5, 0.6) is 0 Å². The average Bonchev–Trinajstić information content (AvgIpc) is 2.99. The number of ether oxygens (including phenoxy) is 1. The van der Waals surface area contributed by atoms with E-state index in [1.165, 1.54) is 17.4 Å². The summed E-state index contributed by atoms with van der Waals surface area (Å²) >= 11 is 1.54. The highest BCUT2D eigenvalue weighted by atomic mass is 32.1. The Morgan fingerprint density at radius 2 is 2.05 bits per heavy atom. The molecular formula is C15H18N2O4S. The van der Waals surface area contributed by atoms with Crippen LogP contribution in [0, 0.1) is 10.1 Å². The van der Waals surface area contributed by atoms with Crippen LogP contribution in [-0.4, -0.2) is 36.4 Å². The minimum absolute atomic E-state index is 0.0319. The molecule has 0 unspecified atom stereocenters. The van der Waals surface area contributed by atoms with Gasteiger partial charge in [0.1, 0.15) is 0 Å². The predicted molar refractivity (Wildman–Crippen MR) is 86.0 cm³/mol. The standard InChI is InChI=1S/C15H18N2O4S/c18-8-10-21-9-7-16-11-12-5-6-15(22-12)13-3-1-2-4-14(13)17(19)20/h1-6,16,18H,7-11H2. The molecule has 0 atom stereocenters. The topological polar surface area (TPSA) is 84.6 Å². The second-order valence-electron chi connectivity index (χ2n) is 4.55. The molecule has 2 aromatic rings. The van der Waals surface area contributed by atoms with Crippen LogP contribution >= 0.6 is 11.3 Å². The zero-order valence-corrected chi connectivity index (χ0v) is 12.8. The molecule has 1 aromatic carbocycles. The highest BCUT2D eigenvalue weighted by molar-refractivity contribution is 7.15. The van der Waals surface area contributed by atoms with Crippen molar-refractivity contribution in [1.29, 1.82) is 0 Å². The molecule has 0 amide bonds. The van der Waals surface area contributed by atoms with Gasteiger partial charge >= 0.3 is 0 Å². The van der Waals surface area contributed by atoms with Gasteiger partial charge < -0.3 is 15.2 Å². The van der Waals surface area contributed by atoms with Gasteiger partial charge in [0.15, 0.2) is 0 Å². The molecule has 0 saturated heterocycles. The molecule has 1 heterocycles. The predicted octanol–water partition coefficient (Wildman–Crippen LogP) is 2.42. The molecule has 22 heavy (non-hydrogen) atoms. The van der Waals surface area contributed by atoms with Crippen molar-refractivity contribution in [3.8, 4) is 10.4 Å². The molecule has 1 aromatic heterocycles. The molecule has 0 bridgehead atoms. The first-order valence-corrected chi connectivity index (χ1v) is 7.76. The van der Waals surface area contributed by atoms with Crippen molar-refractivity contribution in [1.82, 2.24) is 5.32 Å². The Hall–Kier alpha value is -1.80. The maximum Gasteiger partial charge on any atom is 0.278 e. The van der Waals surface area contributed by atoms with Gasteiger partial charge in [-0.15, -0.1) is 11.3 Å². The van der Waals surface area contributed by atoms with Gasteiger partial charge in [-0.05, 0) is 18.2 Å². The second-order valence-corrected chi connectivity index (χ2v) is 5.72. The zero-order valence-electron chi connectivity index (χ0n) is 12.0. The van der Waals surface area contributed by atoms with E-state index in [0.29, 0.717) is 31.9 Å². The smallest absolute Gasteiger partial charge is 0.278 e. The largest absolute Gasteiger partial charge is 0.394 e. The van der Waals surface area contributed by atoms with E-state index in [9.17, 15) is 10.1 Å². The van der Waals surface area contributed by atoms with Crippen LogP contribution in [0.15, 0.2) is 36.4 Å². The van der Waals surface area contributed by atoms with Crippen LogP contribution in [0.25, 0.3) is 10.4 Å². The molecule has 7 heteroatoms. The Labute approximate surface area is 132 Å². The average molecular weight is 322 g/mol. The molecular weight excluding hydrogens is 304 g/mol. The van der Waals surface area contributed by atoms with E-state index in [2.05, 4.69) is 5.32 Å². The molecule has 0 spiro atoms. The molecule has 0 radical (unpaired) electrons. The molecule has 2 rings (SSSR count). The van der Waals surface area contributed by atoms with E-state index in [1.807, 2.05) is 12.1 Å². The number of para-hydroxylation sites is 1. The van der Waals surface area contributed by atoms with Gasteiger partial charge in [-0.25, -0.2) is 0 Å². The summed E-state index contributed by atoms with van der Waals surface area (Å²) in [6, 6.07) is 10.6. The third-order valence-electron chi connectivity index (χ3n) is 2.99. The van der Waals surface area contributed by atoms with Crippen LogP contribution in [0.1, 0.15) is 4.88 Å². The lowest BCUT2D eigenvalue weighted by atomic mass is 10.1. The van der Waals surface area contributed by atoms with Crippen molar-refractivity contribution < 1.29 is 14.8 Å². The summed E-state index contributed by atoms with van der Waals surface area (Å²) in [5, 5.41) is 22.9. The van der Waals surface area contributed by atoms with Gasteiger partial charge in [-0.2, -0.15) is 0 Å². The SMILES string of the molecule is O=[N+]([O-])c1ccccc1-c1ccc(CNCCOCCO)s1. The number of aliphatic hydroxyl groups excluding tert-OH is 1. The lowest BCUT2D eigenvalue weighted by molar-refractivity contribution is -0.384. The van der Waals surface area contributed by atoms with Crippen molar-refractivity contribution in [2.45, 2.75) is 6.54 Å². The number of benzene rings is 1. The summed E-state index contributed by atoms with van der Waals surface area (Å²) in [6.45, 7) is 2.31. The highest BCUT2D eigenvalue weighted by Crippen LogP contribution is 2.34. The fourth-order valence-electron chi connectivity index (χ4n) is 1.98. The van der Waals surface area contributed by atoms with Gasteiger partial charge in [-0.3, -0.25) is 10.1 Å². The minimum Gasteiger partial charge on any atom is -0.394 e. The molecule has 0 fully saturated rings. The fraction of sp³-hybridized carbons (Fsp3) is 0.333. The number of hydrogen-bond donors (Lipinski definition) is 2. The van der Waals surface area contributed by atoms with Crippen molar-refractivity contribution in [3.05, 3.63) is 51.4 Å². The number of hydrogen-bond acceptors (Lipinski definition) is 6. The Morgan fingerprint density at radius 3 is 2.82 bits per heavy atom. The first-order valence-electron chi connectivity index (χ1n) is 6.94. The summed E-state index contributed by atoms with van der Waals surface area (Å²) in [6.07, 6.45) is 0. The van der Waals surface area contributed by atoms with Crippen LogP contribution in [0.2, 0.25) is 0 Å². The molecule has 0 aliphatic rings. The Balaban J connectivity index is 1.93. The number of nitro benzene ring substituents is 1. The number of nitrogens with zero attached hydrogens (tertiary/aromatic N) is 1. The number of nitro groups is 1. The van der Waals surface area contributed by atoms with Gasteiger partial charge in [-0.1, -0.05) is 12.1 Å². The molecule has 6 nitrogen and oxygen atoms in total. The Bertz CT molecular complexity index is 615.